The minimum atomic E-state index is -1.10. The Balaban J connectivity index is 1.90. The van der Waals surface area contributed by atoms with Crippen molar-refractivity contribution >= 4 is 6.09 Å². The number of benzene rings is 1. The first-order chi connectivity index (χ1) is 13.1. The topological polar surface area (TPSA) is 61.8 Å². The number of hydrogen-bond donors (Lipinski definition) is 2. The molecule has 28 heavy (non-hydrogen) atoms. The average molecular weight is 393 g/mol. The summed E-state index contributed by atoms with van der Waals surface area (Å²) in [5.74, 6) is -0.327. The molecule has 0 spiro atoms. The van der Waals surface area contributed by atoms with E-state index in [1.807, 2.05) is 20.8 Å². The summed E-state index contributed by atoms with van der Waals surface area (Å²) < 4.78 is 18.7. The Bertz CT molecular complexity index is 657. The Morgan fingerprint density at radius 2 is 2.07 bits per heavy atom. The summed E-state index contributed by atoms with van der Waals surface area (Å²) >= 11 is 0. The van der Waals surface area contributed by atoms with Gasteiger partial charge < -0.3 is 20.1 Å². The number of nitrogens with zero attached hydrogens (tertiary/aromatic N) is 1. The zero-order chi connectivity index (χ0) is 20.8. The molecule has 1 aliphatic rings. The smallest absolute Gasteiger partial charge is 0.410 e. The number of nitrogens with one attached hydrogen (secondary N) is 1. The van der Waals surface area contributed by atoms with Gasteiger partial charge in [0, 0.05) is 19.1 Å². The van der Waals surface area contributed by atoms with Crippen LogP contribution >= 0.6 is 0 Å². The highest BCUT2D eigenvalue weighted by atomic mass is 19.1. The quantitative estimate of drug-likeness (QED) is 0.690. The number of rotatable bonds is 7. The maximum Gasteiger partial charge on any atom is 0.410 e. The molecule has 2 unspecified atom stereocenters. The van der Waals surface area contributed by atoms with Crippen LogP contribution in [0.2, 0.25) is 0 Å². The van der Waals surface area contributed by atoms with Crippen LogP contribution < -0.4 is 5.32 Å². The highest BCUT2D eigenvalue weighted by Gasteiger charge is 2.30. The monoisotopic (exact) mass is 392 g/mol. The number of hydrogen-bond acceptors (Lipinski definition) is 4. The Morgan fingerprint density at radius 3 is 2.68 bits per heavy atom. The molecule has 1 fully saturated rings. The molecular formula is C22H33FN2O3. The summed E-state index contributed by atoms with van der Waals surface area (Å²) in [5, 5.41) is 14.5. The summed E-state index contributed by atoms with van der Waals surface area (Å²) in [4.78, 5) is 14.0. The number of piperidine rings is 1. The number of likely N-dealkylation sites (tertiary alicyclic amines) is 1. The second-order valence-corrected chi connectivity index (χ2v) is 8.50. The summed E-state index contributed by atoms with van der Waals surface area (Å²) in [6.45, 7) is 11.2. The molecule has 2 rings (SSSR count). The van der Waals surface area contributed by atoms with E-state index in [9.17, 15) is 14.3 Å². The van der Waals surface area contributed by atoms with Gasteiger partial charge in [-0.2, -0.15) is 0 Å². The van der Waals surface area contributed by atoms with Crippen LogP contribution in [0.15, 0.2) is 36.9 Å². The van der Waals surface area contributed by atoms with E-state index in [-0.39, 0.29) is 18.0 Å². The molecule has 2 atom stereocenters. The first kappa shape index (κ1) is 22.4. The predicted octanol–water partition coefficient (Wildman–Crippen LogP) is 3.97. The van der Waals surface area contributed by atoms with E-state index in [0.29, 0.717) is 38.0 Å². The van der Waals surface area contributed by atoms with Crippen molar-refractivity contribution in [3.8, 4) is 0 Å². The Kier molecular flexibility index (Phi) is 7.61. The van der Waals surface area contributed by atoms with E-state index in [4.69, 9.17) is 4.74 Å². The second kappa shape index (κ2) is 9.52. The van der Waals surface area contributed by atoms with E-state index < -0.39 is 11.2 Å². The van der Waals surface area contributed by atoms with Crippen molar-refractivity contribution in [3.05, 3.63) is 48.3 Å². The SMILES string of the molecule is C=CCC(O)(CCNC1CCCN(C(=O)OC(C)(C)C)C1)c1ccc(F)cc1. The maximum atomic E-state index is 13.2. The van der Waals surface area contributed by atoms with Crippen molar-refractivity contribution in [1.29, 1.82) is 0 Å². The van der Waals surface area contributed by atoms with E-state index >= 15 is 0 Å². The van der Waals surface area contributed by atoms with Gasteiger partial charge in [0.1, 0.15) is 11.4 Å². The third-order valence-electron chi connectivity index (χ3n) is 4.91. The first-order valence-corrected chi connectivity index (χ1v) is 9.93. The summed E-state index contributed by atoms with van der Waals surface area (Å²) in [6.07, 6.45) is 4.12. The number of carbonyl (C=O) groups is 1. The molecule has 0 aliphatic carbocycles. The van der Waals surface area contributed by atoms with Gasteiger partial charge >= 0.3 is 6.09 Å². The Morgan fingerprint density at radius 1 is 1.39 bits per heavy atom. The second-order valence-electron chi connectivity index (χ2n) is 8.50. The van der Waals surface area contributed by atoms with Crippen LogP contribution in [0, 0.1) is 5.82 Å². The zero-order valence-corrected chi connectivity index (χ0v) is 17.2. The van der Waals surface area contributed by atoms with Crippen molar-refractivity contribution in [3.63, 3.8) is 0 Å². The lowest BCUT2D eigenvalue weighted by Gasteiger charge is -2.35. The molecule has 6 heteroatoms. The highest BCUT2D eigenvalue weighted by Crippen LogP contribution is 2.29. The molecule has 1 saturated heterocycles. The third-order valence-corrected chi connectivity index (χ3v) is 4.91. The minimum Gasteiger partial charge on any atom is -0.444 e. The lowest BCUT2D eigenvalue weighted by molar-refractivity contribution is 0.0161. The molecule has 1 aromatic carbocycles. The number of amides is 1. The van der Waals surface area contributed by atoms with E-state index in [2.05, 4.69) is 11.9 Å². The summed E-state index contributed by atoms with van der Waals surface area (Å²) in [7, 11) is 0. The van der Waals surface area contributed by atoms with Crippen LogP contribution in [0.25, 0.3) is 0 Å². The molecule has 0 aromatic heterocycles. The molecule has 1 aliphatic heterocycles. The fourth-order valence-corrected chi connectivity index (χ4v) is 3.48. The van der Waals surface area contributed by atoms with Gasteiger partial charge in [-0.15, -0.1) is 6.58 Å². The largest absolute Gasteiger partial charge is 0.444 e. The van der Waals surface area contributed by atoms with Gasteiger partial charge in [0.05, 0.1) is 5.60 Å². The van der Waals surface area contributed by atoms with E-state index in [1.165, 1.54) is 12.1 Å². The Hall–Kier alpha value is -1.92. The molecule has 0 saturated carbocycles. The van der Waals surface area contributed by atoms with Gasteiger partial charge in [0.25, 0.3) is 0 Å². The van der Waals surface area contributed by atoms with E-state index in [1.54, 1.807) is 23.1 Å². The molecule has 0 bridgehead atoms. The molecule has 156 valence electrons. The molecule has 5 nitrogen and oxygen atoms in total. The lowest BCUT2D eigenvalue weighted by atomic mass is 9.87. The summed E-state index contributed by atoms with van der Waals surface area (Å²) in [6, 6.07) is 6.10. The van der Waals surface area contributed by atoms with Crippen LogP contribution in [0.4, 0.5) is 9.18 Å². The lowest BCUT2D eigenvalue weighted by Crippen LogP contribution is -2.50. The number of aliphatic hydroxyl groups is 1. The van der Waals surface area contributed by atoms with Crippen LogP contribution in [0.1, 0.15) is 52.0 Å². The number of halogens is 1. The highest BCUT2D eigenvalue weighted by molar-refractivity contribution is 5.68. The first-order valence-electron chi connectivity index (χ1n) is 9.93. The minimum absolute atomic E-state index is 0.155. The van der Waals surface area contributed by atoms with Gasteiger partial charge in [-0.25, -0.2) is 9.18 Å². The van der Waals surface area contributed by atoms with Crippen molar-refractivity contribution in [1.82, 2.24) is 10.2 Å². The maximum absolute atomic E-state index is 13.2. The zero-order valence-electron chi connectivity index (χ0n) is 17.2. The van der Waals surface area contributed by atoms with Gasteiger partial charge in [-0.05, 0) is 70.7 Å². The number of carbonyl (C=O) groups excluding carboxylic acids is 1. The third kappa shape index (κ3) is 6.60. The number of ether oxygens (including phenoxy) is 1. The van der Waals surface area contributed by atoms with Gasteiger partial charge in [-0.3, -0.25) is 0 Å². The Labute approximate surface area is 167 Å². The van der Waals surface area contributed by atoms with Crippen LogP contribution in [0.5, 0.6) is 0 Å². The molecule has 1 heterocycles. The van der Waals surface area contributed by atoms with Gasteiger partial charge in [0.2, 0.25) is 0 Å². The molecular weight excluding hydrogens is 359 g/mol. The predicted molar refractivity (Wildman–Crippen MR) is 109 cm³/mol. The fourth-order valence-electron chi connectivity index (χ4n) is 3.48. The van der Waals surface area contributed by atoms with E-state index in [0.717, 1.165) is 12.8 Å². The van der Waals surface area contributed by atoms with Crippen LogP contribution in [0.3, 0.4) is 0 Å². The normalized spacial score (nSPS) is 19.8. The molecule has 0 radical (unpaired) electrons. The van der Waals surface area contributed by atoms with Gasteiger partial charge in [-0.1, -0.05) is 18.2 Å². The standard InChI is InChI=1S/C22H33FN2O3/c1-5-12-22(27,17-8-10-18(23)11-9-17)13-14-24-19-7-6-15-25(16-19)20(26)28-21(2,3)4/h5,8-11,19,24,27H,1,6-7,12-16H2,2-4H3. The molecule has 1 amide bonds. The summed E-state index contributed by atoms with van der Waals surface area (Å²) in [5.41, 5.74) is -0.926. The van der Waals surface area contributed by atoms with Crippen molar-refractivity contribution in [2.24, 2.45) is 0 Å². The molecule has 1 aromatic rings. The fraction of sp³-hybridized carbons (Fsp3) is 0.591. The van der Waals surface area contributed by atoms with Crippen LogP contribution in [-0.4, -0.2) is 47.4 Å². The van der Waals surface area contributed by atoms with Crippen molar-refractivity contribution < 1.29 is 19.0 Å². The molecule has 2 N–H and O–H groups in total. The van der Waals surface area contributed by atoms with Crippen molar-refractivity contribution in [2.45, 2.75) is 63.7 Å². The average Bonchev–Trinajstić information content (AvgIpc) is 2.61. The van der Waals surface area contributed by atoms with Gasteiger partial charge in [0.15, 0.2) is 0 Å². The van der Waals surface area contributed by atoms with Crippen molar-refractivity contribution in [2.75, 3.05) is 19.6 Å². The van der Waals surface area contributed by atoms with Crippen LogP contribution in [-0.2, 0) is 10.3 Å².